The van der Waals surface area contributed by atoms with Gasteiger partial charge in [0, 0.05) is 16.5 Å². The molecule has 2 unspecified atom stereocenters. The maximum atomic E-state index is 11.8. The fourth-order valence-corrected chi connectivity index (χ4v) is 4.72. The largest absolute Gasteiger partial charge is 0.462 e. The zero-order valence-electron chi connectivity index (χ0n) is 18.4. The molecule has 0 aliphatic heterocycles. The first-order valence-electron chi connectivity index (χ1n) is 12.1. The average Bonchev–Trinajstić information content (AvgIpc) is 2.66. The summed E-state index contributed by atoms with van der Waals surface area (Å²) in [5.74, 6) is 0.676. The standard InChI is InChI=1S/C24H49OS/c1-4-7-10-12-13-14-15-16-19-22-24(26-25)23(20-17-9-6-3)21-18-11-8-5-2/h23-24H,4-22H2,1-3H3/q+1. The van der Waals surface area contributed by atoms with E-state index < -0.39 is 0 Å². The molecule has 0 aromatic heterocycles. The van der Waals surface area contributed by atoms with Crippen LogP contribution >= 0.6 is 0 Å². The van der Waals surface area contributed by atoms with E-state index in [0.29, 0.717) is 11.2 Å². The molecule has 0 bridgehead atoms. The van der Waals surface area contributed by atoms with Crippen LogP contribution in [0.4, 0.5) is 0 Å². The summed E-state index contributed by atoms with van der Waals surface area (Å²) in [4.78, 5) is 0. The van der Waals surface area contributed by atoms with E-state index in [1.807, 2.05) is 0 Å². The molecular weight excluding hydrogens is 336 g/mol. The lowest BCUT2D eigenvalue weighted by Crippen LogP contribution is -2.20. The van der Waals surface area contributed by atoms with Crippen LogP contribution in [0.5, 0.6) is 0 Å². The third-order valence-electron chi connectivity index (χ3n) is 5.85. The molecule has 0 N–H and O–H groups in total. The first kappa shape index (κ1) is 26.0. The summed E-state index contributed by atoms with van der Waals surface area (Å²) in [6, 6.07) is 0. The molecule has 0 radical (unpaired) electrons. The summed E-state index contributed by atoms with van der Waals surface area (Å²) in [6.07, 6.45) is 25.4. The third kappa shape index (κ3) is 16.2. The number of unbranched alkanes of at least 4 members (excludes halogenated alkanes) is 13. The van der Waals surface area contributed by atoms with E-state index in [9.17, 15) is 4.21 Å². The molecule has 0 spiro atoms. The number of rotatable bonds is 21. The van der Waals surface area contributed by atoms with E-state index in [-0.39, 0.29) is 0 Å². The van der Waals surface area contributed by atoms with Crippen LogP contribution in [0.15, 0.2) is 0 Å². The molecule has 156 valence electrons. The highest BCUT2D eigenvalue weighted by Crippen LogP contribution is 2.26. The summed E-state index contributed by atoms with van der Waals surface area (Å²) in [7, 11) is 0. The highest BCUT2D eigenvalue weighted by Gasteiger charge is 2.31. The fourth-order valence-electron chi connectivity index (χ4n) is 4.02. The smallest absolute Gasteiger partial charge is 0.0654 e. The van der Waals surface area contributed by atoms with Gasteiger partial charge in [-0.2, -0.15) is 0 Å². The lowest BCUT2D eigenvalue weighted by Gasteiger charge is -2.16. The van der Waals surface area contributed by atoms with E-state index in [1.54, 1.807) is 0 Å². The lowest BCUT2D eigenvalue weighted by atomic mass is 9.89. The van der Waals surface area contributed by atoms with Gasteiger partial charge in [-0.25, -0.2) is 0 Å². The van der Waals surface area contributed by atoms with Gasteiger partial charge < -0.3 is 0 Å². The normalized spacial score (nSPS) is 13.7. The van der Waals surface area contributed by atoms with Crippen molar-refractivity contribution < 1.29 is 4.21 Å². The molecule has 0 saturated heterocycles. The fraction of sp³-hybridized carbons (Fsp3) is 1.00. The van der Waals surface area contributed by atoms with Crippen LogP contribution < -0.4 is 0 Å². The molecule has 0 aromatic carbocycles. The maximum Gasteiger partial charge on any atom is 0.462 e. The second-order valence-corrected chi connectivity index (χ2v) is 9.15. The van der Waals surface area contributed by atoms with Gasteiger partial charge in [0.25, 0.3) is 0 Å². The van der Waals surface area contributed by atoms with Gasteiger partial charge in [0.15, 0.2) is 0 Å². The molecule has 0 aliphatic rings. The molecule has 2 atom stereocenters. The predicted molar refractivity (Wildman–Crippen MR) is 120 cm³/mol. The highest BCUT2D eigenvalue weighted by atomic mass is 32.1. The van der Waals surface area contributed by atoms with Crippen molar-refractivity contribution in [2.45, 2.75) is 148 Å². The van der Waals surface area contributed by atoms with Gasteiger partial charge in [0.1, 0.15) is 0 Å². The third-order valence-corrected chi connectivity index (χ3v) is 6.72. The molecule has 0 heterocycles. The van der Waals surface area contributed by atoms with Crippen molar-refractivity contribution in [3.63, 3.8) is 0 Å². The quantitative estimate of drug-likeness (QED) is 0.142. The van der Waals surface area contributed by atoms with Crippen molar-refractivity contribution in [3.8, 4) is 0 Å². The summed E-state index contributed by atoms with van der Waals surface area (Å²) in [5.41, 5.74) is 0. The Morgan fingerprint density at radius 1 is 0.500 bits per heavy atom. The molecule has 26 heavy (non-hydrogen) atoms. The summed E-state index contributed by atoms with van der Waals surface area (Å²) < 4.78 is 11.8. The van der Waals surface area contributed by atoms with E-state index in [4.69, 9.17) is 0 Å². The van der Waals surface area contributed by atoms with Crippen LogP contribution in [0.1, 0.15) is 143 Å². The second-order valence-electron chi connectivity index (χ2n) is 8.36. The van der Waals surface area contributed by atoms with Gasteiger partial charge in [-0.05, 0) is 19.3 Å². The molecule has 0 fully saturated rings. The van der Waals surface area contributed by atoms with Crippen molar-refractivity contribution >= 4 is 11.7 Å². The maximum absolute atomic E-state index is 11.8. The Labute approximate surface area is 170 Å². The molecule has 2 heteroatoms. The van der Waals surface area contributed by atoms with Crippen LogP contribution in [0.25, 0.3) is 0 Å². The minimum Gasteiger partial charge on any atom is -0.0654 e. The number of hydrogen-bond donors (Lipinski definition) is 0. The molecular formula is C24H49OS+. The van der Waals surface area contributed by atoms with Gasteiger partial charge in [-0.1, -0.05) is 117 Å². The molecule has 0 aromatic rings. The zero-order chi connectivity index (χ0) is 19.3. The average molecular weight is 386 g/mol. The predicted octanol–water partition coefficient (Wildman–Crippen LogP) is 8.87. The van der Waals surface area contributed by atoms with E-state index in [0.717, 1.165) is 18.1 Å². The van der Waals surface area contributed by atoms with E-state index >= 15 is 0 Å². The van der Waals surface area contributed by atoms with Crippen molar-refractivity contribution in [3.05, 3.63) is 0 Å². The van der Waals surface area contributed by atoms with Crippen molar-refractivity contribution in [2.75, 3.05) is 0 Å². The molecule has 0 amide bonds. The van der Waals surface area contributed by atoms with E-state index in [2.05, 4.69) is 20.8 Å². The van der Waals surface area contributed by atoms with Crippen molar-refractivity contribution in [1.29, 1.82) is 0 Å². The van der Waals surface area contributed by atoms with Crippen molar-refractivity contribution in [2.24, 2.45) is 5.92 Å². The van der Waals surface area contributed by atoms with Gasteiger partial charge in [0.05, 0.1) is 0 Å². The Bertz CT molecular complexity index is 279. The highest BCUT2D eigenvalue weighted by molar-refractivity contribution is 7.66. The first-order valence-corrected chi connectivity index (χ1v) is 12.9. The van der Waals surface area contributed by atoms with E-state index in [1.165, 1.54) is 116 Å². The number of hydrogen-bond acceptors (Lipinski definition) is 1. The Morgan fingerprint density at radius 3 is 1.35 bits per heavy atom. The first-order chi connectivity index (χ1) is 12.8. The van der Waals surface area contributed by atoms with Crippen LogP contribution in [-0.4, -0.2) is 5.25 Å². The monoisotopic (exact) mass is 385 g/mol. The van der Waals surface area contributed by atoms with Crippen molar-refractivity contribution in [1.82, 2.24) is 0 Å². The SMILES string of the molecule is CCCCCCCCCCCC([S+]=O)C(CCCCC)CCCCCC. The Kier molecular flexibility index (Phi) is 21.3. The lowest BCUT2D eigenvalue weighted by molar-refractivity contribution is 0.374. The van der Waals surface area contributed by atoms with Crippen LogP contribution in [-0.2, 0) is 15.9 Å². The van der Waals surface area contributed by atoms with Gasteiger partial charge in [-0.15, -0.1) is 0 Å². The van der Waals surface area contributed by atoms with Gasteiger partial charge >= 0.3 is 11.7 Å². The Balaban J connectivity index is 3.98. The topological polar surface area (TPSA) is 17.1 Å². The minimum atomic E-state index is 0.373. The van der Waals surface area contributed by atoms with Crippen LogP contribution in [0.3, 0.4) is 0 Å². The second kappa shape index (κ2) is 21.3. The molecule has 0 saturated carbocycles. The van der Waals surface area contributed by atoms with Gasteiger partial charge in [0.2, 0.25) is 5.25 Å². The summed E-state index contributed by atoms with van der Waals surface area (Å²) in [5, 5.41) is 0.373. The Morgan fingerprint density at radius 2 is 0.846 bits per heavy atom. The van der Waals surface area contributed by atoms with Crippen LogP contribution in [0, 0.1) is 5.92 Å². The zero-order valence-corrected chi connectivity index (χ0v) is 19.2. The Hall–Kier alpha value is 0.0200. The molecule has 1 nitrogen and oxygen atoms in total. The van der Waals surface area contributed by atoms with Gasteiger partial charge in [-0.3, -0.25) is 0 Å². The van der Waals surface area contributed by atoms with Crippen LogP contribution in [0.2, 0.25) is 0 Å². The molecule has 0 rings (SSSR count). The molecule has 0 aliphatic carbocycles. The summed E-state index contributed by atoms with van der Waals surface area (Å²) in [6.45, 7) is 6.83. The minimum absolute atomic E-state index is 0.373. The summed E-state index contributed by atoms with van der Waals surface area (Å²) >= 11 is 0.927.